The summed E-state index contributed by atoms with van der Waals surface area (Å²) >= 11 is 1.10. The van der Waals surface area contributed by atoms with Gasteiger partial charge in [0.05, 0.1) is 5.69 Å². The molecule has 4 rings (SSSR count). The van der Waals surface area contributed by atoms with Gasteiger partial charge in [0, 0.05) is 24.1 Å². The number of aromatic nitrogens is 6. The number of nitrogens with one attached hydrogen (secondary N) is 1. The van der Waals surface area contributed by atoms with Crippen molar-refractivity contribution >= 4 is 23.1 Å². The minimum absolute atomic E-state index is 0.211. The number of rotatable bonds is 7. The summed E-state index contributed by atoms with van der Waals surface area (Å²) in [5.74, 6) is 1.36. The molecule has 10 heteroatoms. The first-order valence-corrected chi connectivity index (χ1v) is 9.73. The minimum atomic E-state index is -0.211. The van der Waals surface area contributed by atoms with Crippen LogP contribution in [-0.2, 0) is 6.42 Å². The van der Waals surface area contributed by atoms with Gasteiger partial charge in [0.1, 0.15) is 17.0 Å². The molecule has 0 radical (unpaired) electrons. The lowest BCUT2D eigenvalue weighted by Crippen LogP contribution is -2.12. The Morgan fingerprint density at radius 2 is 2.10 bits per heavy atom. The first-order valence-electron chi connectivity index (χ1n) is 8.95. The molecule has 0 bridgehead atoms. The Bertz CT molecular complexity index is 1090. The van der Waals surface area contributed by atoms with Crippen LogP contribution in [0.2, 0.25) is 0 Å². The molecular weight excluding hydrogens is 390 g/mol. The monoisotopic (exact) mass is 407 g/mol. The molecule has 0 fully saturated rings. The SMILES string of the molecule is CCCc1nnsc1C(=O)Nc1ccc(Oc2cc(-n3cccn3)ncn2)cc1. The van der Waals surface area contributed by atoms with E-state index in [0.29, 0.717) is 28.0 Å². The second-order valence-electron chi connectivity index (χ2n) is 6.04. The van der Waals surface area contributed by atoms with Gasteiger partial charge in [0.2, 0.25) is 5.88 Å². The number of nitrogens with zero attached hydrogens (tertiary/aromatic N) is 6. The van der Waals surface area contributed by atoms with E-state index in [4.69, 9.17) is 4.74 Å². The highest BCUT2D eigenvalue weighted by molar-refractivity contribution is 7.08. The van der Waals surface area contributed by atoms with Crippen LogP contribution >= 0.6 is 11.5 Å². The molecule has 0 spiro atoms. The number of ether oxygens (including phenoxy) is 1. The van der Waals surface area contributed by atoms with Crippen molar-refractivity contribution in [1.82, 2.24) is 29.3 Å². The van der Waals surface area contributed by atoms with E-state index in [1.807, 2.05) is 13.0 Å². The number of carbonyl (C=O) groups is 1. The maximum absolute atomic E-state index is 12.5. The second-order valence-corrected chi connectivity index (χ2v) is 6.80. The topological polar surface area (TPSA) is 108 Å². The average Bonchev–Trinajstić information content (AvgIpc) is 3.42. The minimum Gasteiger partial charge on any atom is -0.439 e. The van der Waals surface area contributed by atoms with Crippen molar-refractivity contribution in [3.8, 4) is 17.4 Å². The number of aryl methyl sites for hydroxylation is 1. The first-order chi connectivity index (χ1) is 14.2. The molecule has 3 aromatic heterocycles. The van der Waals surface area contributed by atoms with Crippen molar-refractivity contribution < 1.29 is 9.53 Å². The van der Waals surface area contributed by atoms with Crippen LogP contribution in [0.15, 0.2) is 55.1 Å². The summed E-state index contributed by atoms with van der Waals surface area (Å²) in [4.78, 5) is 21.3. The van der Waals surface area contributed by atoms with E-state index in [2.05, 4.69) is 30.0 Å². The molecule has 4 aromatic rings. The molecular formula is C19H17N7O2S. The highest BCUT2D eigenvalue weighted by atomic mass is 32.1. The quantitative estimate of drug-likeness (QED) is 0.499. The third kappa shape index (κ3) is 4.43. The van der Waals surface area contributed by atoms with Crippen LogP contribution in [0, 0.1) is 0 Å². The summed E-state index contributed by atoms with van der Waals surface area (Å²) < 4.78 is 11.3. The molecule has 3 heterocycles. The van der Waals surface area contributed by atoms with Gasteiger partial charge in [0.15, 0.2) is 5.82 Å². The fraction of sp³-hybridized carbons (Fsp3) is 0.158. The summed E-state index contributed by atoms with van der Waals surface area (Å²) in [6, 6.07) is 10.5. The van der Waals surface area contributed by atoms with Crippen LogP contribution in [0.25, 0.3) is 5.82 Å². The Kier molecular flexibility index (Phi) is 5.52. The number of hydrogen-bond acceptors (Lipinski definition) is 8. The van der Waals surface area contributed by atoms with Crippen LogP contribution < -0.4 is 10.1 Å². The van der Waals surface area contributed by atoms with Gasteiger partial charge < -0.3 is 10.1 Å². The van der Waals surface area contributed by atoms with E-state index in [-0.39, 0.29) is 5.91 Å². The van der Waals surface area contributed by atoms with Gasteiger partial charge in [-0.3, -0.25) is 4.79 Å². The number of carbonyl (C=O) groups excluding carboxylic acids is 1. The molecule has 0 aliphatic carbocycles. The molecule has 0 saturated heterocycles. The Morgan fingerprint density at radius 1 is 1.24 bits per heavy atom. The van der Waals surface area contributed by atoms with Gasteiger partial charge in [-0.05, 0) is 48.3 Å². The van der Waals surface area contributed by atoms with Gasteiger partial charge in [-0.1, -0.05) is 17.8 Å². The van der Waals surface area contributed by atoms with E-state index in [9.17, 15) is 4.79 Å². The van der Waals surface area contributed by atoms with E-state index in [1.54, 1.807) is 47.4 Å². The molecule has 29 heavy (non-hydrogen) atoms. The first kappa shape index (κ1) is 18.7. The van der Waals surface area contributed by atoms with Crippen molar-refractivity contribution in [2.24, 2.45) is 0 Å². The molecule has 0 atom stereocenters. The molecule has 9 nitrogen and oxygen atoms in total. The largest absolute Gasteiger partial charge is 0.439 e. The highest BCUT2D eigenvalue weighted by Gasteiger charge is 2.15. The number of benzene rings is 1. The predicted octanol–water partition coefficient (Wildman–Crippen LogP) is 3.51. The normalized spacial score (nSPS) is 10.7. The van der Waals surface area contributed by atoms with Crippen LogP contribution in [0.4, 0.5) is 5.69 Å². The van der Waals surface area contributed by atoms with Gasteiger partial charge in [-0.25, -0.2) is 14.6 Å². The maximum atomic E-state index is 12.5. The Labute approximate surface area is 170 Å². The fourth-order valence-electron chi connectivity index (χ4n) is 2.61. The fourth-order valence-corrected chi connectivity index (χ4v) is 3.21. The van der Waals surface area contributed by atoms with Crippen molar-refractivity contribution in [3.05, 3.63) is 65.7 Å². The zero-order valence-corrected chi connectivity index (χ0v) is 16.3. The van der Waals surface area contributed by atoms with Crippen molar-refractivity contribution in [3.63, 3.8) is 0 Å². The zero-order valence-electron chi connectivity index (χ0n) is 15.5. The molecule has 1 amide bonds. The van der Waals surface area contributed by atoms with Crippen molar-refractivity contribution in [1.29, 1.82) is 0 Å². The van der Waals surface area contributed by atoms with Gasteiger partial charge in [0.25, 0.3) is 5.91 Å². The Hall–Kier alpha value is -3.66. The number of hydrogen-bond donors (Lipinski definition) is 1. The average molecular weight is 407 g/mol. The molecule has 1 N–H and O–H groups in total. The summed E-state index contributed by atoms with van der Waals surface area (Å²) in [5, 5.41) is 11.0. The second kappa shape index (κ2) is 8.57. The standard InChI is InChI=1S/C19H17N7O2S/c1-2-4-15-18(29-25-24-15)19(27)23-13-5-7-14(8-6-13)28-17-11-16(20-12-21-17)26-10-3-9-22-26/h3,5-12H,2,4H2,1H3,(H,23,27). The number of anilines is 1. The molecule has 0 unspecified atom stereocenters. The van der Waals surface area contributed by atoms with Crippen molar-refractivity contribution in [2.75, 3.05) is 5.32 Å². The number of amides is 1. The third-order valence-electron chi connectivity index (χ3n) is 3.95. The Morgan fingerprint density at radius 3 is 2.86 bits per heavy atom. The lowest BCUT2D eigenvalue weighted by molar-refractivity contribution is 0.102. The Balaban J connectivity index is 1.42. The van der Waals surface area contributed by atoms with Crippen LogP contribution in [-0.4, -0.2) is 35.2 Å². The third-order valence-corrected chi connectivity index (χ3v) is 4.72. The van der Waals surface area contributed by atoms with E-state index in [0.717, 1.165) is 30.1 Å². The molecule has 146 valence electrons. The molecule has 0 aliphatic rings. The lowest BCUT2D eigenvalue weighted by Gasteiger charge is -2.08. The van der Waals surface area contributed by atoms with Gasteiger partial charge in [-0.2, -0.15) is 5.10 Å². The van der Waals surface area contributed by atoms with Crippen LogP contribution in [0.5, 0.6) is 11.6 Å². The zero-order chi connectivity index (χ0) is 20.1. The van der Waals surface area contributed by atoms with E-state index >= 15 is 0 Å². The summed E-state index contributed by atoms with van der Waals surface area (Å²) in [5.41, 5.74) is 1.38. The summed E-state index contributed by atoms with van der Waals surface area (Å²) in [7, 11) is 0. The molecule has 0 saturated carbocycles. The summed E-state index contributed by atoms with van der Waals surface area (Å²) in [6.07, 6.45) is 6.50. The summed E-state index contributed by atoms with van der Waals surface area (Å²) in [6.45, 7) is 2.04. The maximum Gasteiger partial charge on any atom is 0.269 e. The van der Waals surface area contributed by atoms with E-state index in [1.165, 1.54) is 6.33 Å². The van der Waals surface area contributed by atoms with Crippen molar-refractivity contribution in [2.45, 2.75) is 19.8 Å². The highest BCUT2D eigenvalue weighted by Crippen LogP contribution is 2.23. The molecule has 1 aromatic carbocycles. The van der Waals surface area contributed by atoms with Crippen LogP contribution in [0.1, 0.15) is 28.7 Å². The van der Waals surface area contributed by atoms with Gasteiger partial charge >= 0.3 is 0 Å². The van der Waals surface area contributed by atoms with E-state index < -0.39 is 0 Å². The lowest BCUT2D eigenvalue weighted by atomic mass is 10.2. The van der Waals surface area contributed by atoms with Crippen LogP contribution in [0.3, 0.4) is 0 Å². The molecule has 0 aliphatic heterocycles. The predicted molar refractivity (Wildman–Crippen MR) is 108 cm³/mol. The smallest absolute Gasteiger partial charge is 0.269 e. The van der Waals surface area contributed by atoms with Gasteiger partial charge in [-0.15, -0.1) is 5.10 Å².